The van der Waals surface area contributed by atoms with Crippen LogP contribution in [0.25, 0.3) is 21.8 Å². The second kappa shape index (κ2) is 7.36. The smallest absolute Gasteiger partial charge is 0.256 e. The third-order valence-corrected chi connectivity index (χ3v) is 5.28. The SMILES string of the molecule is Cc1ccc(Cn2cc3c(C(=O)Nc4c[nH]c5cc(F)c(F)cc45)cccc3n2)cc1. The first-order valence-electron chi connectivity index (χ1n) is 9.77. The van der Waals surface area contributed by atoms with E-state index in [1.54, 1.807) is 16.8 Å². The van der Waals surface area contributed by atoms with Crippen LogP contribution >= 0.6 is 0 Å². The fourth-order valence-electron chi connectivity index (χ4n) is 3.66. The Hall–Kier alpha value is -4.00. The average Bonchev–Trinajstić information content (AvgIpc) is 3.33. The van der Waals surface area contributed by atoms with E-state index in [-0.39, 0.29) is 5.91 Å². The Morgan fingerprint density at radius 3 is 2.65 bits per heavy atom. The minimum Gasteiger partial charge on any atom is -0.359 e. The monoisotopic (exact) mass is 416 g/mol. The third-order valence-electron chi connectivity index (χ3n) is 5.28. The van der Waals surface area contributed by atoms with Crippen molar-refractivity contribution in [2.75, 3.05) is 5.32 Å². The van der Waals surface area contributed by atoms with Gasteiger partial charge in [-0.1, -0.05) is 35.9 Å². The van der Waals surface area contributed by atoms with Crippen LogP contribution in [-0.2, 0) is 6.54 Å². The number of benzene rings is 3. The lowest BCUT2D eigenvalue weighted by Gasteiger charge is -2.05. The molecule has 5 rings (SSSR count). The summed E-state index contributed by atoms with van der Waals surface area (Å²) in [5.41, 5.74) is 4.23. The standard InChI is InChI=1S/C24H18F2N4O/c1-14-5-7-15(8-6-14)12-30-13-18-16(3-2-4-21(18)29-30)24(31)28-23-11-27-22-10-20(26)19(25)9-17(22)23/h2-11,13,27H,12H2,1H3,(H,28,31). The summed E-state index contributed by atoms with van der Waals surface area (Å²) >= 11 is 0. The molecule has 3 aromatic carbocycles. The zero-order valence-corrected chi connectivity index (χ0v) is 16.6. The number of amides is 1. The van der Waals surface area contributed by atoms with Crippen molar-refractivity contribution in [2.45, 2.75) is 13.5 Å². The maximum absolute atomic E-state index is 13.7. The van der Waals surface area contributed by atoms with E-state index in [9.17, 15) is 13.6 Å². The maximum atomic E-state index is 13.7. The molecule has 7 heteroatoms. The molecule has 0 radical (unpaired) electrons. The first-order valence-corrected chi connectivity index (χ1v) is 9.77. The van der Waals surface area contributed by atoms with Crippen LogP contribution in [0, 0.1) is 18.6 Å². The van der Waals surface area contributed by atoms with E-state index in [1.165, 1.54) is 11.8 Å². The van der Waals surface area contributed by atoms with Crippen LogP contribution in [0.2, 0.25) is 0 Å². The van der Waals surface area contributed by atoms with Gasteiger partial charge in [0.15, 0.2) is 11.6 Å². The first kappa shape index (κ1) is 19.0. The van der Waals surface area contributed by atoms with Gasteiger partial charge in [-0.3, -0.25) is 9.48 Å². The first-order chi connectivity index (χ1) is 15.0. The Bertz CT molecular complexity index is 1430. The number of hydrogen-bond donors (Lipinski definition) is 2. The quantitative estimate of drug-likeness (QED) is 0.412. The Labute approximate surface area is 176 Å². The molecule has 2 heterocycles. The number of rotatable bonds is 4. The fourth-order valence-corrected chi connectivity index (χ4v) is 3.66. The van der Waals surface area contributed by atoms with E-state index >= 15 is 0 Å². The van der Waals surface area contributed by atoms with Crippen molar-refractivity contribution in [2.24, 2.45) is 0 Å². The molecule has 0 spiro atoms. The number of H-pyrrole nitrogens is 1. The van der Waals surface area contributed by atoms with Gasteiger partial charge in [0.2, 0.25) is 0 Å². The molecular formula is C24H18F2N4O. The molecule has 2 aromatic heterocycles. The molecule has 5 nitrogen and oxygen atoms in total. The molecule has 0 aliphatic carbocycles. The molecule has 1 amide bonds. The molecular weight excluding hydrogens is 398 g/mol. The van der Waals surface area contributed by atoms with E-state index < -0.39 is 11.6 Å². The number of nitrogens with one attached hydrogen (secondary N) is 2. The summed E-state index contributed by atoms with van der Waals surface area (Å²) in [6.45, 7) is 2.62. The highest BCUT2D eigenvalue weighted by Gasteiger charge is 2.16. The zero-order chi connectivity index (χ0) is 21.5. The molecule has 0 aliphatic rings. The Morgan fingerprint density at radius 2 is 1.84 bits per heavy atom. The lowest BCUT2D eigenvalue weighted by atomic mass is 10.1. The van der Waals surface area contributed by atoms with Crippen LogP contribution in [0.4, 0.5) is 14.5 Å². The molecule has 154 valence electrons. The third kappa shape index (κ3) is 3.54. The topological polar surface area (TPSA) is 62.7 Å². The summed E-state index contributed by atoms with van der Waals surface area (Å²) in [6.07, 6.45) is 3.36. The summed E-state index contributed by atoms with van der Waals surface area (Å²) in [4.78, 5) is 15.8. The minimum atomic E-state index is -0.970. The summed E-state index contributed by atoms with van der Waals surface area (Å²) in [7, 11) is 0. The van der Waals surface area contributed by atoms with Gasteiger partial charge < -0.3 is 10.3 Å². The van der Waals surface area contributed by atoms with Crippen molar-refractivity contribution < 1.29 is 13.6 Å². The van der Waals surface area contributed by atoms with Gasteiger partial charge in [0.05, 0.1) is 28.8 Å². The molecule has 0 bridgehead atoms. The number of anilines is 1. The van der Waals surface area contributed by atoms with E-state index in [4.69, 9.17) is 0 Å². The predicted octanol–water partition coefficient (Wildman–Crippen LogP) is 5.40. The van der Waals surface area contributed by atoms with E-state index in [1.807, 2.05) is 43.5 Å². The summed E-state index contributed by atoms with van der Waals surface area (Å²) < 4.78 is 28.9. The van der Waals surface area contributed by atoms with Gasteiger partial charge in [0, 0.05) is 29.2 Å². The van der Waals surface area contributed by atoms with Gasteiger partial charge in [-0.2, -0.15) is 5.10 Å². The van der Waals surface area contributed by atoms with E-state index in [0.717, 1.165) is 17.7 Å². The number of fused-ring (bicyclic) bond motifs is 2. The second-order valence-electron chi connectivity index (χ2n) is 7.52. The molecule has 31 heavy (non-hydrogen) atoms. The Morgan fingerprint density at radius 1 is 1.06 bits per heavy atom. The Balaban J connectivity index is 1.46. The van der Waals surface area contributed by atoms with Crippen molar-refractivity contribution in [1.82, 2.24) is 14.8 Å². The van der Waals surface area contributed by atoms with Crippen molar-refractivity contribution in [3.63, 3.8) is 0 Å². The molecule has 0 saturated heterocycles. The molecule has 0 unspecified atom stereocenters. The van der Waals surface area contributed by atoms with Crippen LogP contribution in [0.5, 0.6) is 0 Å². The number of aryl methyl sites for hydroxylation is 1. The largest absolute Gasteiger partial charge is 0.359 e. The van der Waals surface area contributed by atoms with Gasteiger partial charge in [-0.25, -0.2) is 8.78 Å². The van der Waals surface area contributed by atoms with Crippen LogP contribution in [0.3, 0.4) is 0 Å². The van der Waals surface area contributed by atoms with Crippen molar-refractivity contribution in [1.29, 1.82) is 0 Å². The summed E-state index contributed by atoms with van der Waals surface area (Å²) in [5, 5.41) is 8.48. The molecule has 2 N–H and O–H groups in total. The zero-order valence-electron chi connectivity index (χ0n) is 16.6. The molecule has 5 aromatic rings. The summed E-state index contributed by atoms with van der Waals surface area (Å²) in [6, 6.07) is 15.7. The van der Waals surface area contributed by atoms with Crippen LogP contribution in [-0.4, -0.2) is 20.7 Å². The highest BCUT2D eigenvalue weighted by Crippen LogP contribution is 2.27. The molecule has 0 saturated carbocycles. The van der Waals surface area contributed by atoms with Crippen LogP contribution in [0.1, 0.15) is 21.5 Å². The van der Waals surface area contributed by atoms with Crippen molar-refractivity contribution in [3.8, 4) is 0 Å². The van der Waals surface area contributed by atoms with Gasteiger partial charge in [0.25, 0.3) is 5.91 Å². The molecule has 0 atom stereocenters. The molecule has 0 fully saturated rings. The van der Waals surface area contributed by atoms with Crippen LogP contribution in [0.15, 0.2) is 67.0 Å². The van der Waals surface area contributed by atoms with Crippen molar-refractivity contribution in [3.05, 3.63) is 95.3 Å². The highest BCUT2D eigenvalue weighted by atomic mass is 19.2. The van der Waals surface area contributed by atoms with Crippen molar-refractivity contribution >= 4 is 33.4 Å². The van der Waals surface area contributed by atoms with Gasteiger partial charge >= 0.3 is 0 Å². The number of nitrogens with zero attached hydrogens (tertiary/aromatic N) is 2. The lowest BCUT2D eigenvalue weighted by molar-refractivity contribution is 0.102. The second-order valence-corrected chi connectivity index (χ2v) is 7.52. The maximum Gasteiger partial charge on any atom is 0.256 e. The van der Waals surface area contributed by atoms with E-state index in [2.05, 4.69) is 15.4 Å². The summed E-state index contributed by atoms with van der Waals surface area (Å²) in [5.74, 6) is -2.27. The van der Waals surface area contributed by atoms with Crippen LogP contribution < -0.4 is 5.32 Å². The predicted molar refractivity (Wildman–Crippen MR) is 116 cm³/mol. The number of hydrogen-bond acceptors (Lipinski definition) is 2. The average molecular weight is 416 g/mol. The fraction of sp³-hybridized carbons (Fsp3) is 0.0833. The normalized spacial score (nSPS) is 11.3. The number of aromatic amines is 1. The number of carbonyl (C=O) groups is 1. The number of carbonyl (C=O) groups excluding carboxylic acids is 1. The van der Waals surface area contributed by atoms with Gasteiger partial charge in [-0.05, 0) is 30.7 Å². The Kier molecular flexibility index (Phi) is 4.51. The molecule has 0 aliphatic heterocycles. The highest BCUT2D eigenvalue weighted by molar-refractivity contribution is 6.14. The number of aromatic nitrogens is 3. The minimum absolute atomic E-state index is 0.355. The lowest BCUT2D eigenvalue weighted by Crippen LogP contribution is -2.11. The van der Waals surface area contributed by atoms with Gasteiger partial charge in [0.1, 0.15) is 0 Å². The van der Waals surface area contributed by atoms with Gasteiger partial charge in [-0.15, -0.1) is 0 Å². The number of halogens is 2. The van der Waals surface area contributed by atoms with E-state index in [0.29, 0.717) is 39.6 Å².